The molecule has 0 aromatic heterocycles. The Labute approximate surface area is 123 Å². The molecule has 3 fully saturated rings. The highest BCUT2D eigenvalue weighted by atomic mass is 16.4. The van der Waals surface area contributed by atoms with Crippen LogP contribution in [-0.2, 0) is 14.4 Å². The number of imide groups is 1. The van der Waals surface area contributed by atoms with Crippen LogP contribution in [0.1, 0.15) is 39.5 Å². The topological polar surface area (TPSA) is 101 Å². The zero-order valence-corrected chi connectivity index (χ0v) is 12.5. The minimum Gasteiger partial charge on any atom is -0.480 e. The second-order valence-electron chi connectivity index (χ2n) is 7.33. The first-order chi connectivity index (χ1) is 9.71. The van der Waals surface area contributed by atoms with Crippen molar-refractivity contribution in [2.75, 3.05) is 6.54 Å². The van der Waals surface area contributed by atoms with Crippen LogP contribution in [-0.4, -0.2) is 39.9 Å². The van der Waals surface area contributed by atoms with Crippen LogP contribution in [0.5, 0.6) is 0 Å². The summed E-state index contributed by atoms with van der Waals surface area (Å²) in [4.78, 5) is 37.1. The number of nitrogens with zero attached hydrogens (tertiary/aromatic N) is 1. The number of carbonyl (C=O) groups excluding carboxylic acids is 2. The lowest BCUT2D eigenvalue weighted by Crippen LogP contribution is -2.52. The molecule has 0 bridgehead atoms. The maximum absolute atomic E-state index is 12.2. The molecule has 4 unspecified atom stereocenters. The molecule has 0 radical (unpaired) electrons. The molecule has 2 saturated carbocycles. The van der Waals surface area contributed by atoms with Gasteiger partial charge in [0.05, 0.1) is 11.8 Å². The van der Waals surface area contributed by atoms with E-state index in [2.05, 4.69) is 0 Å². The number of likely N-dealkylation sites (tertiary alicyclic amines) is 1. The number of fused-ring (bicyclic) bond motifs is 1. The second-order valence-corrected chi connectivity index (χ2v) is 7.33. The fourth-order valence-electron chi connectivity index (χ4n) is 4.30. The van der Waals surface area contributed by atoms with Crippen LogP contribution in [0.25, 0.3) is 0 Å². The molecule has 1 heterocycles. The molecule has 3 aliphatic rings. The maximum atomic E-state index is 12.2. The SMILES string of the molecule is CC1(C)C2C(=O)N(CCC3CCCC3(N)C(=O)O)C(=O)C21. The summed E-state index contributed by atoms with van der Waals surface area (Å²) in [5.41, 5.74) is 4.59. The number of rotatable bonds is 4. The smallest absolute Gasteiger partial charge is 0.323 e. The number of carboxylic acids is 1. The summed E-state index contributed by atoms with van der Waals surface area (Å²) in [5, 5.41) is 9.28. The maximum Gasteiger partial charge on any atom is 0.323 e. The van der Waals surface area contributed by atoms with Crippen molar-refractivity contribution in [3.8, 4) is 0 Å². The lowest BCUT2D eigenvalue weighted by atomic mass is 9.85. The molecule has 0 aromatic carbocycles. The first kappa shape index (κ1) is 14.5. The molecule has 6 nitrogen and oxygen atoms in total. The Bertz CT molecular complexity index is 506. The van der Waals surface area contributed by atoms with Crippen molar-refractivity contribution in [1.29, 1.82) is 0 Å². The lowest BCUT2D eigenvalue weighted by molar-refractivity contribution is -0.145. The standard InChI is InChI=1S/C15H22N2O4/c1-14(2)9-10(14)12(19)17(11(9)18)7-5-8-4-3-6-15(8,16)13(20)21/h8-10H,3-7,16H2,1-2H3,(H,20,21). The van der Waals surface area contributed by atoms with Crippen LogP contribution >= 0.6 is 0 Å². The van der Waals surface area contributed by atoms with Gasteiger partial charge >= 0.3 is 5.97 Å². The Hall–Kier alpha value is -1.43. The Morgan fingerprint density at radius 3 is 2.43 bits per heavy atom. The number of amides is 2. The summed E-state index contributed by atoms with van der Waals surface area (Å²) in [6.45, 7) is 4.20. The van der Waals surface area contributed by atoms with Gasteiger partial charge < -0.3 is 10.8 Å². The van der Waals surface area contributed by atoms with Crippen molar-refractivity contribution in [2.45, 2.75) is 45.1 Å². The number of hydrogen-bond acceptors (Lipinski definition) is 4. The molecule has 3 rings (SSSR count). The summed E-state index contributed by atoms with van der Waals surface area (Å²) in [7, 11) is 0. The Morgan fingerprint density at radius 2 is 1.90 bits per heavy atom. The first-order valence-electron chi connectivity index (χ1n) is 7.58. The van der Waals surface area contributed by atoms with E-state index in [4.69, 9.17) is 5.73 Å². The molecule has 0 aromatic rings. The van der Waals surface area contributed by atoms with Gasteiger partial charge in [0.15, 0.2) is 0 Å². The van der Waals surface area contributed by atoms with Gasteiger partial charge in [-0.05, 0) is 30.6 Å². The van der Waals surface area contributed by atoms with E-state index in [-0.39, 0.29) is 35.0 Å². The van der Waals surface area contributed by atoms with Gasteiger partial charge in [-0.25, -0.2) is 0 Å². The number of piperidine rings is 1. The Balaban J connectivity index is 1.64. The molecule has 21 heavy (non-hydrogen) atoms. The fourth-order valence-corrected chi connectivity index (χ4v) is 4.30. The number of aliphatic carboxylic acids is 1. The predicted molar refractivity (Wildman–Crippen MR) is 74.0 cm³/mol. The average molecular weight is 294 g/mol. The Morgan fingerprint density at radius 1 is 1.33 bits per heavy atom. The van der Waals surface area contributed by atoms with E-state index in [1.807, 2.05) is 13.8 Å². The van der Waals surface area contributed by atoms with Crippen LogP contribution in [0.2, 0.25) is 0 Å². The van der Waals surface area contributed by atoms with Gasteiger partial charge in [-0.15, -0.1) is 0 Å². The van der Waals surface area contributed by atoms with Gasteiger partial charge in [0.2, 0.25) is 11.8 Å². The van der Waals surface area contributed by atoms with Gasteiger partial charge in [-0.3, -0.25) is 19.3 Å². The molecular formula is C15H22N2O4. The van der Waals surface area contributed by atoms with Crippen molar-refractivity contribution >= 4 is 17.8 Å². The summed E-state index contributed by atoms with van der Waals surface area (Å²) in [6.07, 6.45) is 2.48. The summed E-state index contributed by atoms with van der Waals surface area (Å²) < 4.78 is 0. The van der Waals surface area contributed by atoms with Gasteiger partial charge in [0.1, 0.15) is 5.54 Å². The third kappa shape index (κ3) is 1.84. The van der Waals surface area contributed by atoms with Crippen LogP contribution in [0.3, 0.4) is 0 Å². The molecule has 6 heteroatoms. The molecule has 4 atom stereocenters. The molecular weight excluding hydrogens is 272 g/mol. The highest BCUT2D eigenvalue weighted by molar-refractivity contribution is 6.10. The summed E-state index contributed by atoms with van der Waals surface area (Å²) >= 11 is 0. The zero-order chi connectivity index (χ0) is 15.6. The molecule has 2 aliphatic carbocycles. The lowest BCUT2D eigenvalue weighted by Gasteiger charge is -2.29. The van der Waals surface area contributed by atoms with Crippen LogP contribution < -0.4 is 5.73 Å². The average Bonchev–Trinajstić information content (AvgIpc) is 2.66. The minimum atomic E-state index is -1.20. The molecule has 3 N–H and O–H groups in total. The second kappa shape index (κ2) is 4.29. The molecule has 2 amide bonds. The minimum absolute atomic E-state index is 0.0917. The third-order valence-electron chi connectivity index (χ3n) is 5.86. The summed E-state index contributed by atoms with van der Waals surface area (Å²) in [6, 6.07) is 0. The highest BCUT2D eigenvalue weighted by Gasteiger charge is 2.72. The van der Waals surface area contributed by atoms with Crippen LogP contribution in [0.4, 0.5) is 0 Å². The Kier molecular flexibility index (Phi) is 2.96. The summed E-state index contributed by atoms with van der Waals surface area (Å²) in [5.74, 6) is -1.67. The number of carboxylic acid groups (broad SMARTS) is 1. The van der Waals surface area contributed by atoms with Crippen molar-refractivity contribution in [3.05, 3.63) is 0 Å². The monoisotopic (exact) mass is 294 g/mol. The van der Waals surface area contributed by atoms with Gasteiger partial charge in [-0.1, -0.05) is 20.3 Å². The number of carbonyl (C=O) groups is 3. The zero-order valence-electron chi connectivity index (χ0n) is 12.5. The van der Waals surface area contributed by atoms with E-state index in [1.54, 1.807) is 0 Å². The van der Waals surface area contributed by atoms with E-state index in [1.165, 1.54) is 4.90 Å². The molecule has 1 aliphatic heterocycles. The van der Waals surface area contributed by atoms with Crippen LogP contribution in [0.15, 0.2) is 0 Å². The highest BCUT2D eigenvalue weighted by Crippen LogP contribution is 2.63. The van der Waals surface area contributed by atoms with Crippen molar-refractivity contribution in [1.82, 2.24) is 4.90 Å². The van der Waals surface area contributed by atoms with Crippen LogP contribution in [0, 0.1) is 23.2 Å². The van der Waals surface area contributed by atoms with E-state index >= 15 is 0 Å². The van der Waals surface area contributed by atoms with E-state index < -0.39 is 11.5 Å². The normalized spacial score (nSPS) is 40.5. The van der Waals surface area contributed by atoms with E-state index in [0.717, 1.165) is 12.8 Å². The number of nitrogens with two attached hydrogens (primary N) is 1. The van der Waals surface area contributed by atoms with Gasteiger partial charge in [0.25, 0.3) is 0 Å². The van der Waals surface area contributed by atoms with E-state index in [0.29, 0.717) is 19.4 Å². The van der Waals surface area contributed by atoms with E-state index in [9.17, 15) is 19.5 Å². The van der Waals surface area contributed by atoms with Crippen molar-refractivity contribution in [2.24, 2.45) is 28.9 Å². The van der Waals surface area contributed by atoms with Crippen molar-refractivity contribution < 1.29 is 19.5 Å². The third-order valence-corrected chi connectivity index (χ3v) is 5.86. The molecule has 1 saturated heterocycles. The first-order valence-corrected chi connectivity index (χ1v) is 7.58. The number of hydrogen-bond donors (Lipinski definition) is 2. The van der Waals surface area contributed by atoms with Gasteiger partial charge in [-0.2, -0.15) is 0 Å². The molecule has 116 valence electrons. The quantitative estimate of drug-likeness (QED) is 0.739. The fraction of sp³-hybridized carbons (Fsp3) is 0.800. The van der Waals surface area contributed by atoms with Crippen molar-refractivity contribution in [3.63, 3.8) is 0 Å². The van der Waals surface area contributed by atoms with Gasteiger partial charge in [0, 0.05) is 6.54 Å². The predicted octanol–water partition coefficient (Wildman–Crippen LogP) is 0.600. The largest absolute Gasteiger partial charge is 0.480 e. The molecule has 0 spiro atoms.